The molecule has 0 spiro atoms. The Hall–Kier alpha value is 0.549. The number of hydrogen-bond acceptors (Lipinski definition) is 0. The van der Waals surface area contributed by atoms with Gasteiger partial charge in [0.15, 0.2) is 0 Å². The van der Waals surface area contributed by atoms with Crippen LogP contribution in [0.4, 0.5) is 0 Å². The van der Waals surface area contributed by atoms with Gasteiger partial charge in [0.2, 0.25) is 0 Å². The molecule has 24 valence electrons. The zero-order chi connectivity index (χ0) is 3.58. The van der Waals surface area contributed by atoms with Crippen molar-refractivity contribution in [2.24, 2.45) is 0 Å². The fourth-order valence-electron chi connectivity index (χ4n) is 0. The Balaban J connectivity index is 2.80. The number of halogens is 1. The third-order valence-corrected chi connectivity index (χ3v) is 0. The van der Waals surface area contributed by atoms with Crippen molar-refractivity contribution in [3.63, 3.8) is 0 Å². The molecule has 0 aliphatic rings. The Bertz CT molecular complexity index is 29.0. The maximum absolute atomic E-state index is 5.05. The molecule has 0 bridgehead atoms. The first-order valence-corrected chi connectivity index (χ1v) is 2.08. The molecule has 0 aromatic heterocycles. The van der Waals surface area contributed by atoms with Gasteiger partial charge in [-0.25, -0.2) is 0 Å². The summed E-state index contributed by atoms with van der Waals surface area (Å²) in [5, 5.41) is 0. The van der Waals surface area contributed by atoms with Crippen molar-refractivity contribution in [2.75, 3.05) is 0 Å². The van der Waals surface area contributed by atoms with Crippen LogP contribution in [0.5, 0.6) is 0 Å². The second kappa shape index (κ2) is 1.83. The second-order valence-corrected chi connectivity index (χ2v) is 2.54. The van der Waals surface area contributed by atoms with E-state index in [4.69, 9.17) is 11.6 Å². The molecule has 0 saturated heterocycles. The predicted octanol–water partition coefficient (Wildman–Crippen LogP) is 0.597. The van der Waals surface area contributed by atoms with Gasteiger partial charge in [-0.15, -0.1) is 0 Å². The van der Waals surface area contributed by atoms with Crippen molar-refractivity contribution >= 4 is 27.6 Å². The van der Waals surface area contributed by atoms with E-state index in [9.17, 15) is 0 Å². The first kappa shape index (κ1) is 4.55. The monoisotopic (exact) mass is 142 g/mol. The zero-order valence-electron chi connectivity index (χ0n) is 2.03. The van der Waals surface area contributed by atoms with Gasteiger partial charge in [-0.05, 0) is 0 Å². The van der Waals surface area contributed by atoms with E-state index >= 15 is 0 Å². The molecule has 0 amide bonds. The van der Waals surface area contributed by atoms with E-state index in [0.29, 0.717) is 3.93 Å². The summed E-state index contributed by atoms with van der Waals surface area (Å²) in [4.78, 5) is 0. The van der Waals surface area contributed by atoms with Gasteiger partial charge in [-0.2, -0.15) is 0 Å². The summed E-state index contributed by atoms with van der Waals surface area (Å²) >= 11 is 7.16. The van der Waals surface area contributed by atoms with Crippen molar-refractivity contribution < 1.29 is 0 Å². The first-order chi connectivity index (χ1) is 1.73. The molecule has 0 nitrogen and oxygen atoms in total. The Morgan fingerprint density at radius 1 is 2.00 bits per heavy atom. The molecular weight excluding hydrogens is 138 g/mol. The Morgan fingerprint density at radius 3 is 2.00 bits per heavy atom. The second-order valence-electron chi connectivity index (χ2n) is 0.376. The summed E-state index contributed by atoms with van der Waals surface area (Å²) in [7, 11) is 0. The van der Waals surface area contributed by atoms with E-state index in [1.165, 1.54) is 0 Å². The van der Waals surface area contributed by atoms with Crippen LogP contribution < -0.4 is 0 Å². The molecule has 0 aliphatic carbocycles. The van der Waals surface area contributed by atoms with Gasteiger partial charge in [0.05, 0.1) is 0 Å². The molecule has 4 heavy (non-hydrogen) atoms. The molecular formula is C2H3ClSe. The summed E-state index contributed by atoms with van der Waals surface area (Å²) < 4.78 is 0.576. The van der Waals surface area contributed by atoms with Crippen LogP contribution in [0.25, 0.3) is 0 Å². The van der Waals surface area contributed by atoms with Crippen LogP contribution >= 0.6 is 11.6 Å². The first-order valence-electron chi connectivity index (χ1n) is 0.766. The molecule has 2 heteroatoms. The fraction of sp³-hybridized carbons (Fsp3) is 0. The molecule has 0 N–H and O–H groups in total. The van der Waals surface area contributed by atoms with Crippen molar-refractivity contribution in [1.82, 2.24) is 0 Å². The van der Waals surface area contributed by atoms with Crippen molar-refractivity contribution in [2.45, 2.75) is 0 Å². The maximum atomic E-state index is 5.05. The topological polar surface area (TPSA) is 0 Å². The minimum absolute atomic E-state index is 0.576. The molecule has 0 aromatic carbocycles. The fourth-order valence-corrected chi connectivity index (χ4v) is 0. The Kier molecular flexibility index (Phi) is 2.08. The van der Waals surface area contributed by atoms with Crippen LogP contribution in [0, 0.1) is 0 Å². The molecule has 0 radical (unpaired) electrons. The Morgan fingerprint density at radius 2 is 2.00 bits per heavy atom. The summed E-state index contributed by atoms with van der Waals surface area (Å²) in [6, 6.07) is 0. The molecule has 0 rings (SSSR count). The van der Waals surface area contributed by atoms with Crippen LogP contribution in [-0.2, 0) is 0 Å². The Labute approximate surface area is 38.7 Å². The third kappa shape index (κ3) is 20.3. The number of hydrogen-bond donors (Lipinski definition) is 0. The van der Waals surface area contributed by atoms with E-state index < -0.39 is 0 Å². The standard InChI is InChI=1S/C2H3ClSe/c1-2(3)4/h4H,1H2. The molecule has 0 fully saturated rings. The van der Waals surface area contributed by atoms with E-state index in [2.05, 4.69) is 22.6 Å². The zero-order valence-corrected chi connectivity index (χ0v) is 4.66. The summed E-state index contributed by atoms with van der Waals surface area (Å²) in [5.41, 5.74) is 0. The van der Waals surface area contributed by atoms with Crippen LogP contribution in [0.1, 0.15) is 0 Å². The van der Waals surface area contributed by atoms with Crippen molar-refractivity contribution in [3.8, 4) is 0 Å². The van der Waals surface area contributed by atoms with Crippen molar-refractivity contribution in [3.05, 3.63) is 10.5 Å². The van der Waals surface area contributed by atoms with Crippen LogP contribution in [0.15, 0.2) is 10.5 Å². The van der Waals surface area contributed by atoms with Crippen molar-refractivity contribution in [1.29, 1.82) is 0 Å². The van der Waals surface area contributed by atoms with E-state index in [1.807, 2.05) is 0 Å². The van der Waals surface area contributed by atoms with E-state index in [0.717, 1.165) is 0 Å². The molecule has 0 aromatic rings. The minimum atomic E-state index is 0.576. The molecule has 0 heterocycles. The van der Waals surface area contributed by atoms with E-state index in [1.54, 1.807) is 0 Å². The van der Waals surface area contributed by atoms with Gasteiger partial charge in [-0.3, -0.25) is 0 Å². The quantitative estimate of drug-likeness (QED) is 0.434. The molecule has 0 aliphatic heterocycles. The normalized spacial score (nSPS) is 6.50. The van der Waals surface area contributed by atoms with Gasteiger partial charge in [-0.1, -0.05) is 0 Å². The summed E-state index contributed by atoms with van der Waals surface area (Å²) in [5.74, 6) is 0. The van der Waals surface area contributed by atoms with Crippen LogP contribution in [0.3, 0.4) is 0 Å². The third-order valence-electron chi connectivity index (χ3n) is 0. The average Bonchev–Trinajstić information content (AvgIpc) is 0.811. The molecule has 0 unspecified atom stereocenters. The summed E-state index contributed by atoms with van der Waals surface area (Å²) in [6.07, 6.45) is 0. The van der Waals surface area contributed by atoms with Gasteiger partial charge in [0, 0.05) is 0 Å². The average molecular weight is 141 g/mol. The number of rotatable bonds is 0. The predicted molar refractivity (Wildman–Crippen MR) is 22.1 cm³/mol. The van der Waals surface area contributed by atoms with E-state index in [-0.39, 0.29) is 0 Å². The van der Waals surface area contributed by atoms with Gasteiger partial charge >= 0.3 is 38.1 Å². The van der Waals surface area contributed by atoms with Gasteiger partial charge < -0.3 is 0 Å². The van der Waals surface area contributed by atoms with Gasteiger partial charge in [0.25, 0.3) is 0 Å². The van der Waals surface area contributed by atoms with Crippen LogP contribution in [0.2, 0.25) is 0 Å². The molecule has 0 saturated carbocycles. The SMILES string of the molecule is C=C(Cl)[SeH]. The molecule has 0 atom stereocenters. The summed E-state index contributed by atoms with van der Waals surface area (Å²) in [6.45, 7) is 3.29. The van der Waals surface area contributed by atoms with Gasteiger partial charge in [0.1, 0.15) is 0 Å². The van der Waals surface area contributed by atoms with Crippen LogP contribution in [-0.4, -0.2) is 16.0 Å².